The monoisotopic (exact) mass is 166 g/mol. The molecule has 0 bridgehead atoms. The number of rotatable bonds is 5. The van der Waals surface area contributed by atoms with E-state index in [1.807, 2.05) is 0 Å². The topological polar surface area (TPSA) is 0 Å². The maximum atomic E-state index is 2.31. The molecule has 0 aliphatic rings. The van der Waals surface area contributed by atoms with E-state index in [2.05, 4.69) is 52.0 Å². The molecule has 0 nitrogen and oxygen atoms in total. The van der Waals surface area contributed by atoms with E-state index in [4.69, 9.17) is 0 Å². The van der Waals surface area contributed by atoms with Gasteiger partial charge in [-0.15, -0.1) is 0 Å². The third-order valence-electron chi connectivity index (χ3n) is 2.18. The van der Waals surface area contributed by atoms with Gasteiger partial charge in [0.1, 0.15) is 0 Å². The molecule has 0 aromatic rings. The Morgan fingerprint density at radius 3 is 1.42 bits per heavy atom. The van der Waals surface area contributed by atoms with Crippen molar-refractivity contribution in [3.8, 4) is 0 Å². The van der Waals surface area contributed by atoms with Crippen LogP contribution in [0.4, 0.5) is 0 Å². The van der Waals surface area contributed by atoms with Crippen molar-refractivity contribution in [3.63, 3.8) is 0 Å². The molecule has 0 N–H and O–H groups in total. The van der Waals surface area contributed by atoms with Crippen molar-refractivity contribution in [1.82, 2.24) is 0 Å². The van der Waals surface area contributed by atoms with Gasteiger partial charge in [-0.2, -0.15) is 0 Å². The molecule has 0 rings (SSSR count). The molecule has 0 heteroatoms. The molecule has 12 heavy (non-hydrogen) atoms. The second-order valence-electron chi connectivity index (χ2n) is 3.39. The van der Waals surface area contributed by atoms with E-state index in [1.54, 1.807) is 0 Å². The summed E-state index contributed by atoms with van der Waals surface area (Å²) in [4.78, 5) is 0. The lowest BCUT2D eigenvalue weighted by Gasteiger charge is -2.11. The molecule has 0 saturated carbocycles. The van der Waals surface area contributed by atoms with E-state index in [0.29, 0.717) is 11.8 Å². The molecular formula is C12H22. The molecular weight excluding hydrogens is 144 g/mol. The van der Waals surface area contributed by atoms with Gasteiger partial charge < -0.3 is 0 Å². The number of hydrogen-bond donors (Lipinski definition) is 0. The van der Waals surface area contributed by atoms with Crippen LogP contribution in [-0.4, -0.2) is 0 Å². The van der Waals surface area contributed by atoms with Gasteiger partial charge in [0.2, 0.25) is 0 Å². The van der Waals surface area contributed by atoms with Gasteiger partial charge in [0, 0.05) is 0 Å². The molecule has 0 radical (unpaired) electrons. The Hall–Kier alpha value is -0.520. The Balaban J connectivity index is 3.83. The highest BCUT2D eigenvalue weighted by atomic mass is 14.1. The first-order valence-electron chi connectivity index (χ1n) is 5.05. The lowest BCUT2D eigenvalue weighted by Crippen LogP contribution is -2.01. The molecule has 2 unspecified atom stereocenters. The minimum atomic E-state index is 0.674. The summed E-state index contributed by atoms with van der Waals surface area (Å²) in [6.07, 6.45) is 11.4. The van der Waals surface area contributed by atoms with Crippen LogP contribution < -0.4 is 0 Å². The normalized spacial score (nSPS) is 17.3. The Kier molecular flexibility index (Phi) is 6.84. The fourth-order valence-corrected chi connectivity index (χ4v) is 1.05. The van der Waals surface area contributed by atoms with Gasteiger partial charge in [0.15, 0.2) is 0 Å². The van der Waals surface area contributed by atoms with Crippen molar-refractivity contribution in [2.75, 3.05) is 0 Å². The van der Waals surface area contributed by atoms with Crippen molar-refractivity contribution < 1.29 is 0 Å². The lowest BCUT2D eigenvalue weighted by atomic mass is 9.95. The molecule has 0 aliphatic heterocycles. The zero-order valence-electron chi connectivity index (χ0n) is 8.88. The maximum Gasteiger partial charge on any atom is -0.0202 e. The van der Waals surface area contributed by atoms with Crippen LogP contribution in [0.25, 0.3) is 0 Å². The van der Waals surface area contributed by atoms with Crippen LogP contribution in [0.2, 0.25) is 0 Å². The second kappa shape index (κ2) is 7.15. The summed E-state index contributed by atoms with van der Waals surface area (Å²) < 4.78 is 0. The van der Waals surface area contributed by atoms with Gasteiger partial charge in [0.05, 0.1) is 0 Å². The average Bonchev–Trinajstić information content (AvgIpc) is 2.10. The predicted molar refractivity (Wildman–Crippen MR) is 57.2 cm³/mol. The van der Waals surface area contributed by atoms with Gasteiger partial charge in [-0.1, -0.05) is 52.0 Å². The van der Waals surface area contributed by atoms with Crippen LogP contribution in [0.15, 0.2) is 24.3 Å². The van der Waals surface area contributed by atoms with Gasteiger partial charge in [-0.05, 0) is 24.7 Å². The first-order chi connectivity index (χ1) is 5.72. The van der Waals surface area contributed by atoms with Gasteiger partial charge in [0.25, 0.3) is 0 Å². The Bertz CT molecular complexity index is 124. The summed E-state index contributed by atoms with van der Waals surface area (Å²) in [5, 5.41) is 0. The zero-order chi connectivity index (χ0) is 9.40. The molecule has 0 saturated heterocycles. The van der Waals surface area contributed by atoms with Crippen LogP contribution in [0.1, 0.15) is 40.5 Å². The van der Waals surface area contributed by atoms with Crippen LogP contribution >= 0.6 is 0 Å². The number of hydrogen-bond acceptors (Lipinski definition) is 0. The standard InChI is InChI=1S/C12H22/c1-5-7-9-11(3)12(4)10-8-6-2/h7-12H,5-6H2,1-4H3/b9-7+,10-8+. The molecule has 0 fully saturated rings. The quantitative estimate of drug-likeness (QED) is 0.537. The van der Waals surface area contributed by atoms with Crippen molar-refractivity contribution in [2.24, 2.45) is 11.8 Å². The highest BCUT2D eigenvalue weighted by molar-refractivity contribution is 4.95. The first kappa shape index (κ1) is 11.5. The van der Waals surface area contributed by atoms with Crippen LogP contribution in [-0.2, 0) is 0 Å². The Morgan fingerprint density at radius 2 is 1.17 bits per heavy atom. The summed E-state index contributed by atoms with van der Waals surface area (Å²) in [5.74, 6) is 1.35. The predicted octanol–water partition coefficient (Wildman–Crippen LogP) is 4.19. The second-order valence-corrected chi connectivity index (χ2v) is 3.39. The Morgan fingerprint density at radius 1 is 0.833 bits per heavy atom. The van der Waals surface area contributed by atoms with E-state index < -0.39 is 0 Å². The van der Waals surface area contributed by atoms with Crippen molar-refractivity contribution in [2.45, 2.75) is 40.5 Å². The van der Waals surface area contributed by atoms with Gasteiger partial charge >= 0.3 is 0 Å². The first-order valence-corrected chi connectivity index (χ1v) is 5.05. The summed E-state index contributed by atoms with van der Waals surface area (Å²) in [6, 6.07) is 0. The smallest absolute Gasteiger partial charge is 0.0202 e. The summed E-state index contributed by atoms with van der Waals surface area (Å²) in [6.45, 7) is 8.90. The average molecular weight is 166 g/mol. The fraction of sp³-hybridized carbons (Fsp3) is 0.667. The third kappa shape index (κ3) is 5.17. The van der Waals surface area contributed by atoms with Crippen LogP contribution in [0.5, 0.6) is 0 Å². The minimum Gasteiger partial charge on any atom is -0.0885 e. The molecule has 0 aromatic heterocycles. The molecule has 0 spiro atoms. The fourth-order valence-electron chi connectivity index (χ4n) is 1.05. The summed E-state index contributed by atoms with van der Waals surface area (Å²) in [7, 11) is 0. The largest absolute Gasteiger partial charge is 0.0885 e. The van der Waals surface area contributed by atoms with E-state index in [9.17, 15) is 0 Å². The van der Waals surface area contributed by atoms with Crippen molar-refractivity contribution in [1.29, 1.82) is 0 Å². The van der Waals surface area contributed by atoms with Crippen molar-refractivity contribution >= 4 is 0 Å². The SMILES string of the molecule is CC/C=C/C(C)C(C)/C=C/CC. The summed E-state index contributed by atoms with van der Waals surface area (Å²) >= 11 is 0. The lowest BCUT2D eigenvalue weighted by molar-refractivity contribution is 0.556. The molecule has 0 aliphatic carbocycles. The van der Waals surface area contributed by atoms with Crippen molar-refractivity contribution in [3.05, 3.63) is 24.3 Å². The maximum absolute atomic E-state index is 2.31. The van der Waals surface area contributed by atoms with E-state index in [0.717, 1.165) is 12.8 Å². The van der Waals surface area contributed by atoms with E-state index >= 15 is 0 Å². The highest BCUT2D eigenvalue weighted by Gasteiger charge is 2.03. The van der Waals surface area contributed by atoms with Crippen LogP contribution in [0, 0.1) is 11.8 Å². The summed E-state index contributed by atoms with van der Waals surface area (Å²) in [5.41, 5.74) is 0. The van der Waals surface area contributed by atoms with E-state index in [1.165, 1.54) is 0 Å². The molecule has 0 amide bonds. The Labute approximate surface area is 77.4 Å². The molecule has 0 heterocycles. The minimum absolute atomic E-state index is 0.674. The van der Waals surface area contributed by atoms with Gasteiger partial charge in [-0.3, -0.25) is 0 Å². The molecule has 70 valence electrons. The van der Waals surface area contributed by atoms with Gasteiger partial charge in [-0.25, -0.2) is 0 Å². The van der Waals surface area contributed by atoms with E-state index in [-0.39, 0.29) is 0 Å². The molecule has 2 atom stereocenters. The molecule has 0 aromatic carbocycles. The van der Waals surface area contributed by atoms with Crippen LogP contribution in [0.3, 0.4) is 0 Å². The zero-order valence-corrected chi connectivity index (χ0v) is 8.88. The number of allylic oxidation sites excluding steroid dienone is 4. The highest BCUT2D eigenvalue weighted by Crippen LogP contribution is 2.14. The third-order valence-corrected chi connectivity index (χ3v) is 2.18.